The van der Waals surface area contributed by atoms with E-state index in [1.165, 1.54) is 11.8 Å². The van der Waals surface area contributed by atoms with E-state index in [9.17, 15) is 9.59 Å². The van der Waals surface area contributed by atoms with Crippen LogP contribution in [-0.4, -0.2) is 66.0 Å². The predicted octanol–water partition coefficient (Wildman–Crippen LogP) is 3.47. The van der Waals surface area contributed by atoms with E-state index in [0.29, 0.717) is 12.1 Å². The molecule has 0 bridgehead atoms. The summed E-state index contributed by atoms with van der Waals surface area (Å²) in [7, 11) is 1.36. The third-order valence-electron chi connectivity index (χ3n) is 6.33. The Morgan fingerprint density at radius 2 is 1.70 bits per heavy atom. The molecule has 2 atom stereocenters. The molecule has 0 radical (unpaired) electrons. The molecule has 2 unspecified atom stereocenters. The number of nitrogens with zero attached hydrogens (tertiary/aromatic N) is 3. The van der Waals surface area contributed by atoms with Gasteiger partial charge in [-0.3, -0.25) is 14.6 Å². The van der Waals surface area contributed by atoms with E-state index in [0.717, 1.165) is 42.3 Å². The number of esters is 1. The maximum atomic E-state index is 12.7. The molecule has 0 saturated carbocycles. The highest BCUT2D eigenvalue weighted by Gasteiger charge is 2.28. The predicted molar refractivity (Wildman–Crippen MR) is 130 cm³/mol. The van der Waals surface area contributed by atoms with E-state index in [-0.39, 0.29) is 24.0 Å². The molecule has 8 heteroatoms. The number of para-hydroxylation sites is 1. The lowest BCUT2D eigenvalue weighted by molar-refractivity contribution is -0.126. The zero-order valence-corrected chi connectivity index (χ0v) is 20.1. The number of methoxy groups -OCH3 is 1. The molecular formula is C25H30N4O3S. The molecule has 1 aromatic heterocycles. The first-order valence-corrected chi connectivity index (χ1v) is 12.1. The second-order valence-electron chi connectivity index (χ2n) is 8.35. The fourth-order valence-electron chi connectivity index (χ4n) is 4.12. The summed E-state index contributed by atoms with van der Waals surface area (Å²) in [6.07, 6.45) is 0. The van der Waals surface area contributed by atoms with Crippen LogP contribution in [-0.2, 0) is 16.1 Å². The van der Waals surface area contributed by atoms with Gasteiger partial charge in [0.05, 0.1) is 35.0 Å². The van der Waals surface area contributed by atoms with Gasteiger partial charge >= 0.3 is 5.97 Å². The van der Waals surface area contributed by atoms with Gasteiger partial charge in [0.15, 0.2) is 0 Å². The van der Waals surface area contributed by atoms with Crippen LogP contribution in [0.3, 0.4) is 0 Å². The van der Waals surface area contributed by atoms with Gasteiger partial charge in [0.2, 0.25) is 5.91 Å². The van der Waals surface area contributed by atoms with Crippen molar-refractivity contribution in [2.45, 2.75) is 32.5 Å². The monoisotopic (exact) mass is 466 g/mol. The number of hydrogen-bond donors (Lipinski definition) is 1. The lowest BCUT2D eigenvalue weighted by Gasteiger charge is -2.39. The molecule has 0 aliphatic carbocycles. The van der Waals surface area contributed by atoms with Gasteiger partial charge in [-0.05, 0) is 43.7 Å². The van der Waals surface area contributed by atoms with Crippen LogP contribution in [0.4, 0.5) is 0 Å². The van der Waals surface area contributed by atoms with Crippen LogP contribution >= 0.6 is 11.3 Å². The molecule has 0 spiro atoms. The maximum Gasteiger partial charge on any atom is 0.337 e. The molecule has 174 valence electrons. The SMILES string of the molecule is COC(=O)c1ccc(CNC(=O)C(C)N2CCN(C(C)c3nc4ccccc4s3)CC2)cc1. The Labute approximate surface area is 198 Å². The maximum absolute atomic E-state index is 12.7. The molecule has 1 saturated heterocycles. The van der Waals surface area contributed by atoms with Gasteiger partial charge in [-0.15, -0.1) is 11.3 Å². The molecule has 33 heavy (non-hydrogen) atoms. The number of amides is 1. The Morgan fingerprint density at radius 1 is 1.03 bits per heavy atom. The van der Waals surface area contributed by atoms with Crippen LogP contribution in [0.1, 0.15) is 40.8 Å². The van der Waals surface area contributed by atoms with Gasteiger partial charge in [0.25, 0.3) is 0 Å². The van der Waals surface area contributed by atoms with E-state index >= 15 is 0 Å². The molecule has 1 N–H and O–H groups in total. The van der Waals surface area contributed by atoms with Gasteiger partial charge < -0.3 is 10.1 Å². The van der Waals surface area contributed by atoms with Crippen LogP contribution < -0.4 is 5.32 Å². The van der Waals surface area contributed by atoms with Crippen molar-refractivity contribution in [1.29, 1.82) is 0 Å². The number of fused-ring (bicyclic) bond motifs is 1. The van der Waals surface area contributed by atoms with E-state index in [1.807, 2.05) is 25.1 Å². The van der Waals surface area contributed by atoms with Crippen molar-refractivity contribution >= 4 is 33.4 Å². The highest BCUT2D eigenvalue weighted by molar-refractivity contribution is 7.18. The second-order valence-corrected chi connectivity index (χ2v) is 9.41. The number of aromatic nitrogens is 1. The van der Waals surface area contributed by atoms with Crippen LogP contribution in [0.2, 0.25) is 0 Å². The second kappa shape index (κ2) is 10.4. The molecule has 2 heterocycles. The van der Waals surface area contributed by atoms with Crippen molar-refractivity contribution in [2.24, 2.45) is 0 Å². The number of piperazine rings is 1. The largest absolute Gasteiger partial charge is 0.465 e. The minimum Gasteiger partial charge on any atom is -0.465 e. The number of nitrogens with one attached hydrogen (secondary N) is 1. The first-order valence-electron chi connectivity index (χ1n) is 11.2. The Balaban J connectivity index is 1.26. The van der Waals surface area contributed by atoms with Crippen molar-refractivity contribution < 1.29 is 14.3 Å². The van der Waals surface area contributed by atoms with Crippen molar-refractivity contribution in [1.82, 2.24) is 20.1 Å². The Hall–Kier alpha value is -2.81. The van der Waals surface area contributed by atoms with Crippen molar-refractivity contribution in [2.75, 3.05) is 33.3 Å². The minimum absolute atomic E-state index is 0.0136. The normalized spacial score (nSPS) is 16.9. The van der Waals surface area contributed by atoms with Crippen LogP contribution in [0.5, 0.6) is 0 Å². The van der Waals surface area contributed by atoms with Gasteiger partial charge in [-0.1, -0.05) is 24.3 Å². The smallest absolute Gasteiger partial charge is 0.337 e. The van der Waals surface area contributed by atoms with Crippen LogP contribution in [0.25, 0.3) is 10.2 Å². The summed E-state index contributed by atoms with van der Waals surface area (Å²) in [6, 6.07) is 15.4. The summed E-state index contributed by atoms with van der Waals surface area (Å²) in [5, 5.41) is 4.16. The molecule has 1 aliphatic heterocycles. The average Bonchev–Trinajstić information content (AvgIpc) is 3.30. The lowest BCUT2D eigenvalue weighted by Crippen LogP contribution is -2.54. The number of thiazole rings is 1. The van der Waals surface area contributed by atoms with E-state index in [2.05, 4.69) is 40.2 Å². The molecule has 1 fully saturated rings. The fourth-order valence-corrected chi connectivity index (χ4v) is 5.17. The van der Waals surface area contributed by atoms with Crippen molar-refractivity contribution in [3.63, 3.8) is 0 Å². The Morgan fingerprint density at radius 3 is 2.36 bits per heavy atom. The zero-order chi connectivity index (χ0) is 23.4. The van der Waals surface area contributed by atoms with Crippen LogP contribution in [0, 0.1) is 0 Å². The first-order chi connectivity index (χ1) is 16.0. The van der Waals surface area contributed by atoms with Crippen molar-refractivity contribution in [3.8, 4) is 0 Å². The van der Waals surface area contributed by atoms with Gasteiger partial charge in [-0.2, -0.15) is 0 Å². The van der Waals surface area contributed by atoms with E-state index in [1.54, 1.807) is 23.5 Å². The first kappa shape index (κ1) is 23.4. The van der Waals surface area contributed by atoms with E-state index < -0.39 is 0 Å². The Kier molecular flexibility index (Phi) is 7.37. The molecule has 1 amide bonds. The number of benzene rings is 2. The average molecular weight is 467 g/mol. The zero-order valence-electron chi connectivity index (χ0n) is 19.3. The summed E-state index contributed by atoms with van der Waals surface area (Å²) in [5.74, 6) is -0.351. The highest BCUT2D eigenvalue weighted by atomic mass is 32.1. The summed E-state index contributed by atoms with van der Waals surface area (Å²) < 4.78 is 5.94. The Bertz CT molecular complexity index is 1070. The lowest BCUT2D eigenvalue weighted by atomic mass is 10.1. The summed E-state index contributed by atoms with van der Waals surface area (Å²) >= 11 is 1.76. The standard InChI is InChI=1S/C25H30N4O3S/c1-17(23(30)26-16-19-8-10-20(11-9-19)25(31)32-3)28-12-14-29(15-13-28)18(2)24-27-21-6-4-5-7-22(21)33-24/h4-11,17-18H,12-16H2,1-3H3,(H,26,30). The fraction of sp³-hybridized carbons (Fsp3) is 0.400. The molecule has 1 aliphatic rings. The molecule has 2 aromatic carbocycles. The molecule has 7 nitrogen and oxygen atoms in total. The van der Waals surface area contributed by atoms with Gasteiger partial charge in [-0.25, -0.2) is 9.78 Å². The van der Waals surface area contributed by atoms with Gasteiger partial charge in [0, 0.05) is 32.7 Å². The number of carbonyl (C=O) groups is 2. The molecule has 4 rings (SSSR count). The summed E-state index contributed by atoms with van der Waals surface area (Å²) in [5.41, 5.74) is 2.50. The molecular weight excluding hydrogens is 436 g/mol. The quantitative estimate of drug-likeness (QED) is 0.538. The van der Waals surface area contributed by atoms with Gasteiger partial charge in [0.1, 0.15) is 5.01 Å². The number of ether oxygens (including phenoxy) is 1. The minimum atomic E-state index is -0.365. The third kappa shape index (κ3) is 5.40. The number of carbonyl (C=O) groups excluding carboxylic acids is 2. The van der Waals surface area contributed by atoms with Crippen molar-refractivity contribution in [3.05, 3.63) is 64.7 Å². The van der Waals surface area contributed by atoms with Crippen LogP contribution in [0.15, 0.2) is 48.5 Å². The highest BCUT2D eigenvalue weighted by Crippen LogP contribution is 2.30. The topological polar surface area (TPSA) is 74.8 Å². The summed E-state index contributed by atoms with van der Waals surface area (Å²) in [4.78, 5) is 33.8. The summed E-state index contributed by atoms with van der Waals surface area (Å²) in [6.45, 7) is 8.11. The molecule has 3 aromatic rings. The number of rotatable bonds is 7. The van der Waals surface area contributed by atoms with E-state index in [4.69, 9.17) is 9.72 Å². The third-order valence-corrected chi connectivity index (χ3v) is 7.54. The number of hydrogen-bond acceptors (Lipinski definition) is 7.